The number of fused-ring (bicyclic) bond motifs is 1. The minimum Gasteiger partial charge on any atom is -0.326 e. The van der Waals surface area contributed by atoms with Gasteiger partial charge in [-0.25, -0.2) is 0 Å². The van der Waals surface area contributed by atoms with E-state index in [1.807, 2.05) is 30.3 Å². The smallest absolute Gasteiger partial charge is 0.228 e. The van der Waals surface area contributed by atoms with E-state index < -0.39 is 0 Å². The van der Waals surface area contributed by atoms with Gasteiger partial charge in [0.05, 0.1) is 22.6 Å². The Hall–Kier alpha value is -2.92. The zero-order valence-corrected chi connectivity index (χ0v) is 14.3. The van der Waals surface area contributed by atoms with Gasteiger partial charge in [-0.05, 0) is 29.8 Å². The molecule has 1 heterocycles. The molecule has 0 radical (unpaired) electrons. The fourth-order valence-electron chi connectivity index (χ4n) is 2.57. The number of hydrogen-bond donors (Lipinski definition) is 2. The molecule has 1 aromatic heterocycles. The Labute approximate surface area is 150 Å². The lowest BCUT2D eigenvalue weighted by atomic mass is 10.1. The predicted molar refractivity (Wildman–Crippen MR) is 99.8 cm³/mol. The monoisotopic (exact) mass is 353 g/mol. The molecule has 0 unspecified atom stereocenters. The van der Waals surface area contributed by atoms with Gasteiger partial charge in [-0.2, -0.15) is 0 Å². The van der Waals surface area contributed by atoms with Crippen LogP contribution in [0.25, 0.3) is 10.9 Å². The van der Waals surface area contributed by atoms with Gasteiger partial charge in [-0.1, -0.05) is 35.9 Å². The first-order valence-corrected chi connectivity index (χ1v) is 8.10. The van der Waals surface area contributed by atoms with Crippen molar-refractivity contribution in [3.8, 4) is 0 Å². The second-order valence-electron chi connectivity index (χ2n) is 5.59. The highest BCUT2D eigenvalue weighted by Gasteiger charge is 2.10. The molecule has 0 aliphatic heterocycles. The van der Waals surface area contributed by atoms with Gasteiger partial charge in [0.2, 0.25) is 11.8 Å². The van der Waals surface area contributed by atoms with Gasteiger partial charge in [0.1, 0.15) is 0 Å². The summed E-state index contributed by atoms with van der Waals surface area (Å²) in [6.07, 6.45) is 1.92. The van der Waals surface area contributed by atoms with Crippen LogP contribution < -0.4 is 10.6 Å². The minimum atomic E-state index is -0.206. The molecule has 6 heteroatoms. The van der Waals surface area contributed by atoms with Crippen LogP contribution in [-0.2, 0) is 16.0 Å². The number of anilines is 2. The molecule has 0 aliphatic rings. The molecule has 0 saturated carbocycles. The van der Waals surface area contributed by atoms with Crippen LogP contribution in [0, 0.1) is 0 Å². The summed E-state index contributed by atoms with van der Waals surface area (Å²) in [4.78, 5) is 27.8. The molecule has 2 N–H and O–H groups in total. The summed E-state index contributed by atoms with van der Waals surface area (Å²) < 4.78 is 0. The van der Waals surface area contributed by atoms with Crippen molar-refractivity contribution in [2.24, 2.45) is 0 Å². The number of nitrogens with zero attached hydrogens (tertiary/aromatic N) is 1. The first-order valence-electron chi connectivity index (χ1n) is 7.72. The van der Waals surface area contributed by atoms with Gasteiger partial charge in [0.25, 0.3) is 0 Å². The Morgan fingerprint density at radius 2 is 1.88 bits per heavy atom. The summed E-state index contributed by atoms with van der Waals surface area (Å²) in [6.45, 7) is 1.41. The van der Waals surface area contributed by atoms with Gasteiger partial charge in [0, 0.05) is 24.2 Å². The Bertz CT molecular complexity index is 951. The van der Waals surface area contributed by atoms with Crippen LogP contribution in [0.1, 0.15) is 12.5 Å². The summed E-state index contributed by atoms with van der Waals surface area (Å²) in [5.74, 6) is -0.372. The maximum Gasteiger partial charge on any atom is 0.228 e. The standard InChI is InChI=1S/C19H16ClN3O2/c1-12(24)22-17-8-7-15(11-16(17)20)23-18(25)10-14-5-2-4-13-6-3-9-21-19(13)14/h2-9,11H,10H2,1H3,(H,22,24)(H,23,25). The van der Waals surface area contributed by atoms with Gasteiger partial charge in [-0.3, -0.25) is 14.6 Å². The number of aromatic nitrogens is 1. The van der Waals surface area contributed by atoms with Crippen molar-refractivity contribution in [2.45, 2.75) is 13.3 Å². The molecular weight excluding hydrogens is 338 g/mol. The lowest BCUT2D eigenvalue weighted by Gasteiger charge is -2.10. The van der Waals surface area contributed by atoms with Gasteiger partial charge in [-0.15, -0.1) is 0 Å². The normalized spacial score (nSPS) is 10.5. The van der Waals surface area contributed by atoms with Crippen LogP contribution in [0.15, 0.2) is 54.7 Å². The zero-order chi connectivity index (χ0) is 17.8. The fraction of sp³-hybridized carbons (Fsp3) is 0.105. The van der Waals surface area contributed by atoms with E-state index >= 15 is 0 Å². The van der Waals surface area contributed by atoms with Crippen molar-refractivity contribution in [2.75, 3.05) is 10.6 Å². The molecule has 3 aromatic rings. The molecule has 0 bridgehead atoms. The Morgan fingerprint density at radius 1 is 1.08 bits per heavy atom. The molecule has 126 valence electrons. The van der Waals surface area contributed by atoms with E-state index in [9.17, 15) is 9.59 Å². The first-order chi connectivity index (χ1) is 12.0. The predicted octanol–water partition coefficient (Wildman–Crippen LogP) is 4.03. The van der Waals surface area contributed by atoms with E-state index in [4.69, 9.17) is 11.6 Å². The molecular formula is C19H16ClN3O2. The quantitative estimate of drug-likeness (QED) is 0.744. The number of pyridine rings is 1. The molecule has 5 nitrogen and oxygen atoms in total. The van der Waals surface area contributed by atoms with Gasteiger partial charge >= 0.3 is 0 Å². The number of rotatable bonds is 4. The van der Waals surface area contributed by atoms with Crippen LogP contribution in [0.3, 0.4) is 0 Å². The molecule has 0 spiro atoms. The number of hydrogen-bond acceptors (Lipinski definition) is 3. The number of carbonyl (C=O) groups is 2. The molecule has 0 atom stereocenters. The van der Waals surface area contributed by atoms with E-state index in [0.717, 1.165) is 16.5 Å². The maximum atomic E-state index is 12.3. The second-order valence-corrected chi connectivity index (χ2v) is 6.00. The zero-order valence-electron chi connectivity index (χ0n) is 13.5. The molecule has 0 fully saturated rings. The Balaban J connectivity index is 1.74. The SMILES string of the molecule is CC(=O)Nc1ccc(NC(=O)Cc2cccc3cccnc23)cc1Cl. The first kappa shape index (κ1) is 16.9. The largest absolute Gasteiger partial charge is 0.326 e. The fourth-order valence-corrected chi connectivity index (χ4v) is 2.80. The van der Waals surface area contributed by atoms with Crippen molar-refractivity contribution in [3.05, 3.63) is 65.3 Å². The minimum absolute atomic E-state index is 0.165. The lowest BCUT2D eigenvalue weighted by Crippen LogP contribution is -2.15. The van der Waals surface area contributed by atoms with E-state index in [1.54, 1.807) is 24.4 Å². The number of carbonyl (C=O) groups excluding carboxylic acids is 2. The van der Waals surface area contributed by atoms with Gasteiger partial charge < -0.3 is 10.6 Å². The molecule has 2 aromatic carbocycles. The summed E-state index contributed by atoms with van der Waals surface area (Å²) in [7, 11) is 0. The average molecular weight is 354 g/mol. The third-order valence-corrected chi connectivity index (χ3v) is 3.94. The number of amides is 2. The topological polar surface area (TPSA) is 71.1 Å². The summed E-state index contributed by atoms with van der Waals surface area (Å²) in [5.41, 5.74) is 2.75. The second kappa shape index (κ2) is 7.32. The number of halogens is 1. The van der Waals surface area contributed by atoms with Crippen LogP contribution >= 0.6 is 11.6 Å². The van der Waals surface area contributed by atoms with Crippen molar-refractivity contribution in [1.82, 2.24) is 4.98 Å². The number of benzene rings is 2. The van der Waals surface area contributed by atoms with E-state index in [0.29, 0.717) is 16.4 Å². The third kappa shape index (κ3) is 4.14. The van der Waals surface area contributed by atoms with Gasteiger partial charge in [0.15, 0.2) is 0 Å². The highest BCUT2D eigenvalue weighted by atomic mass is 35.5. The lowest BCUT2D eigenvalue weighted by molar-refractivity contribution is -0.116. The molecule has 0 saturated heterocycles. The van der Waals surface area contributed by atoms with E-state index in [1.165, 1.54) is 6.92 Å². The molecule has 2 amide bonds. The average Bonchev–Trinajstić information content (AvgIpc) is 2.57. The summed E-state index contributed by atoms with van der Waals surface area (Å²) in [5, 5.41) is 6.79. The van der Waals surface area contributed by atoms with Crippen molar-refractivity contribution < 1.29 is 9.59 Å². The van der Waals surface area contributed by atoms with E-state index in [-0.39, 0.29) is 18.2 Å². The summed E-state index contributed by atoms with van der Waals surface area (Å²) in [6, 6.07) is 14.5. The molecule has 25 heavy (non-hydrogen) atoms. The van der Waals surface area contributed by atoms with Crippen molar-refractivity contribution in [1.29, 1.82) is 0 Å². The highest BCUT2D eigenvalue weighted by Crippen LogP contribution is 2.26. The van der Waals surface area contributed by atoms with Crippen molar-refractivity contribution >= 4 is 45.7 Å². The third-order valence-electron chi connectivity index (χ3n) is 3.63. The Kier molecular flexibility index (Phi) is 4.95. The summed E-state index contributed by atoms with van der Waals surface area (Å²) >= 11 is 6.12. The van der Waals surface area contributed by atoms with Crippen LogP contribution in [0.5, 0.6) is 0 Å². The molecule has 3 rings (SSSR count). The van der Waals surface area contributed by atoms with Crippen LogP contribution in [-0.4, -0.2) is 16.8 Å². The van der Waals surface area contributed by atoms with Crippen LogP contribution in [0.4, 0.5) is 11.4 Å². The van der Waals surface area contributed by atoms with Crippen LogP contribution in [0.2, 0.25) is 5.02 Å². The van der Waals surface area contributed by atoms with Crippen molar-refractivity contribution in [3.63, 3.8) is 0 Å². The number of nitrogens with one attached hydrogen (secondary N) is 2. The molecule has 0 aliphatic carbocycles. The van der Waals surface area contributed by atoms with E-state index in [2.05, 4.69) is 15.6 Å². The maximum absolute atomic E-state index is 12.3. The highest BCUT2D eigenvalue weighted by molar-refractivity contribution is 6.34. The Morgan fingerprint density at radius 3 is 2.64 bits per heavy atom. The number of para-hydroxylation sites is 1.